The number of hydrogen-bond donors (Lipinski definition) is 1. The Bertz CT molecular complexity index is 199. The maximum atomic E-state index is 7.03. The van der Waals surface area contributed by atoms with Gasteiger partial charge in [-0.2, -0.15) is 0 Å². The largest absolute Gasteiger partial charge is 0.382 e. The fourth-order valence-electron chi connectivity index (χ4n) is 2.15. The van der Waals surface area contributed by atoms with Crippen LogP contribution in [0.25, 0.3) is 0 Å². The molecule has 0 radical (unpaired) electrons. The van der Waals surface area contributed by atoms with Crippen LogP contribution in [-0.4, -0.2) is 56.7 Å². The standard InChI is InChI=1S/C12H24N2O2/c1-3-11-9-16-12(10-15-2)8-14(11)7-5-4-6-13/h6,11-13H,3-5,7-10H2,1-2H3/t11-,12-/m0/s1. The summed E-state index contributed by atoms with van der Waals surface area (Å²) in [6.45, 7) is 5.72. The van der Waals surface area contributed by atoms with Gasteiger partial charge in [-0.05, 0) is 32.0 Å². The van der Waals surface area contributed by atoms with E-state index in [1.165, 1.54) is 6.21 Å². The summed E-state index contributed by atoms with van der Waals surface area (Å²) in [6, 6.07) is 0.541. The highest BCUT2D eigenvalue weighted by Crippen LogP contribution is 2.15. The van der Waals surface area contributed by atoms with Crippen molar-refractivity contribution in [2.75, 3.05) is 33.4 Å². The molecule has 0 bridgehead atoms. The van der Waals surface area contributed by atoms with Crippen molar-refractivity contribution >= 4 is 6.21 Å². The Hall–Kier alpha value is -0.450. The molecule has 0 amide bonds. The number of nitrogens with zero attached hydrogens (tertiary/aromatic N) is 1. The van der Waals surface area contributed by atoms with Gasteiger partial charge in [0.25, 0.3) is 0 Å². The van der Waals surface area contributed by atoms with E-state index in [0.717, 1.165) is 39.0 Å². The zero-order valence-corrected chi connectivity index (χ0v) is 10.4. The van der Waals surface area contributed by atoms with E-state index < -0.39 is 0 Å². The van der Waals surface area contributed by atoms with E-state index in [1.807, 2.05) is 0 Å². The molecule has 0 aromatic rings. The normalized spacial score (nSPS) is 26.9. The molecule has 0 aliphatic carbocycles. The molecule has 2 atom stereocenters. The summed E-state index contributed by atoms with van der Waals surface area (Å²) in [7, 11) is 1.72. The molecule has 0 unspecified atom stereocenters. The van der Waals surface area contributed by atoms with Crippen LogP contribution >= 0.6 is 0 Å². The minimum Gasteiger partial charge on any atom is -0.382 e. The average molecular weight is 228 g/mol. The van der Waals surface area contributed by atoms with Gasteiger partial charge in [0.15, 0.2) is 0 Å². The van der Waals surface area contributed by atoms with Gasteiger partial charge in [-0.15, -0.1) is 0 Å². The van der Waals surface area contributed by atoms with Gasteiger partial charge in [-0.25, -0.2) is 0 Å². The highest BCUT2D eigenvalue weighted by Gasteiger charge is 2.26. The molecule has 16 heavy (non-hydrogen) atoms. The molecule has 1 fully saturated rings. The monoisotopic (exact) mass is 228 g/mol. The van der Waals surface area contributed by atoms with Crippen molar-refractivity contribution in [3.8, 4) is 0 Å². The smallest absolute Gasteiger partial charge is 0.0935 e. The van der Waals surface area contributed by atoms with Gasteiger partial charge in [-0.1, -0.05) is 6.92 Å². The van der Waals surface area contributed by atoms with E-state index in [9.17, 15) is 0 Å². The lowest BCUT2D eigenvalue weighted by Gasteiger charge is -2.39. The molecule has 1 aliphatic heterocycles. The fourth-order valence-corrected chi connectivity index (χ4v) is 2.15. The molecule has 0 saturated carbocycles. The van der Waals surface area contributed by atoms with Crippen molar-refractivity contribution in [3.05, 3.63) is 0 Å². The van der Waals surface area contributed by atoms with Gasteiger partial charge in [0.1, 0.15) is 0 Å². The summed E-state index contributed by atoms with van der Waals surface area (Å²) in [5, 5.41) is 7.03. The van der Waals surface area contributed by atoms with Crippen LogP contribution in [0, 0.1) is 5.41 Å². The van der Waals surface area contributed by atoms with E-state index in [2.05, 4.69) is 11.8 Å². The minimum atomic E-state index is 0.216. The van der Waals surface area contributed by atoms with Crippen molar-refractivity contribution < 1.29 is 9.47 Å². The Morgan fingerprint density at radius 1 is 1.56 bits per heavy atom. The van der Waals surface area contributed by atoms with Crippen molar-refractivity contribution in [2.24, 2.45) is 0 Å². The van der Waals surface area contributed by atoms with Crippen molar-refractivity contribution in [3.63, 3.8) is 0 Å². The summed E-state index contributed by atoms with van der Waals surface area (Å²) in [5.74, 6) is 0. The lowest BCUT2D eigenvalue weighted by Crippen LogP contribution is -2.50. The second-order valence-corrected chi connectivity index (χ2v) is 4.31. The van der Waals surface area contributed by atoms with Crippen molar-refractivity contribution in [1.29, 1.82) is 5.41 Å². The van der Waals surface area contributed by atoms with Crippen LogP contribution < -0.4 is 0 Å². The average Bonchev–Trinajstić information content (AvgIpc) is 2.30. The summed E-state index contributed by atoms with van der Waals surface area (Å²) >= 11 is 0. The molecule has 4 nitrogen and oxygen atoms in total. The Morgan fingerprint density at radius 2 is 2.38 bits per heavy atom. The fraction of sp³-hybridized carbons (Fsp3) is 0.917. The van der Waals surface area contributed by atoms with Crippen LogP contribution in [-0.2, 0) is 9.47 Å². The lowest BCUT2D eigenvalue weighted by atomic mass is 10.1. The van der Waals surface area contributed by atoms with Gasteiger partial charge < -0.3 is 14.9 Å². The van der Waals surface area contributed by atoms with Gasteiger partial charge in [0, 0.05) is 19.7 Å². The first kappa shape index (κ1) is 13.6. The Labute approximate surface area is 98.4 Å². The number of methoxy groups -OCH3 is 1. The van der Waals surface area contributed by atoms with Crippen LogP contribution in [0.1, 0.15) is 26.2 Å². The predicted octanol–water partition coefficient (Wildman–Crippen LogP) is 1.54. The lowest BCUT2D eigenvalue weighted by molar-refractivity contribution is -0.0889. The first-order chi connectivity index (χ1) is 7.81. The molecule has 1 rings (SSSR count). The van der Waals surface area contributed by atoms with E-state index >= 15 is 0 Å². The zero-order valence-electron chi connectivity index (χ0n) is 10.4. The minimum absolute atomic E-state index is 0.216. The molecular formula is C12H24N2O2. The Morgan fingerprint density at radius 3 is 3.00 bits per heavy atom. The van der Waals surface area contributed by atoms with Crippen molar-refractivity contribution in [2.45, 2.75) is 38.3 Å². The molecule has 4 heteroatoms. The van der Waals surface area contributed by atoms with Crippen LogP contribution in [0.4, 0.5) is 0 Å². The highest BCUT2D eigenvalue weighted by molar-refractivity contribution is 5.52. The molecule has 0 aromatic heterocycles. The molecule has 1 aliphatic rings. The SMILES string of the molecule is CC[C@H]1CO[C@H](COC)CN1CCCC=N. The molecule has 94 valence electrons. The number of hydrogen-bond acceptors (Lipinski definition) is 4. The maximum Gasteiger partial charge on any atom is 0.0935 e. The summed E-state index contributed by atoms with van der Waals surface area (Å²) in [6.07, 6.45) is 4.79. The molecule has 0 aromatic carbocycles. The Balaban J connectivity index is 2.36. The quantitative estimate of drug-likeness (QED) is 0.531. The summed E-state index contributed by atoms with van der Waals surface area (Å²) in [5.41, 5.74) is 0. The third kappa shape index (κ3) is 4.20. The summed E-state index contributed by atoms with van der Waals surface area (Å²) < 4.78 is 10.9. The topological polar surface area (TPSA) is 45.6 Å². The summed E-state index contributed by atoms with van der Waals surface area (Å²) in [4.78, 5) is 2.48. The van der Waals surface area contributed by atoms with Gasteiger partial charge in [0.05, 0.1) is 19.3 Å². The zero-order chi connectivity index (χ0) is 11.8. The number of unbranched alkanes of at least 4 members (excludes halogenated alkanes) is 1. The van der Waals surface area contributed by atoms with E-state index in [-0.39, 0.29) is 6.10 Å². The van der Waals surface area contributed by atoms with Crippen LogP contribution in [0.2, 0.25) is 0 Å². The van der Waals surface area contributed by atoms with Crippen LogP contribution in [0.3, 0.4) is 0 Å². The second kappa shape index (κ2) is 7.76. The number of ether oxygens (including phenoxy) is 2. The molecular weight excluding hydrogens is 204 g/mol. The van der Waals surface area contributed by atoms with E-state index in [1.54, 1.807) is 7.11 Å². The maximum absolute atomic E-state index is 7.03. The van der Waals surface area contributed by atoms with Crippen molar-refractivity contribution in [1.82, 2.24) is 4.90 Å². The Kier molecular flexibility index (Phi) is 6.61. The second-order valence-electron chi connectivity index (χ2n) is 4.31. The van der Waals surface area contributed by atoms with Crippen LogP contribution in [0.15, 0.2) is 0 Å². The number of nitrogens with one attached hydrogen (secondary N) is 1. The van der Waals surface area contributed by atoms with Gasteiger partial charge >= 0.3 is 0 Å². The highest BCUT2D eigenvalue weighted by atomic mass is 16.5. The van der Waals surface area contributed by atoms with Gasteiger partial charge in [0.2, 0.25) is 0 Å². The first-order valence-corrected chi connectivity index (χ1v) is 6.15. The van der Waals surface area contributed by atoms with Gasteiger partial charge in [-0.3, -0.25) is 4.90 Å². The molecule has 0 spiro atoms. The third-order valence-corrected chi connectivity index (χ3v) is 3.10. The van der Waals surface area contributed by atoms with E-state index in [4.69, 9.17) is 14.9 Å². The molecule has 1 heterocycles. The first-order valence-electron chi connectivity index (χ1n) is 6.15. The number of morpholine rings is 1. The molecule has 1 saturated heterocycles. The third-order valence-electron chi connectivity index (χ3n) is 3.10. The molecule has 1 N–H and O–H groups in total. The predicted molar refractivity (Wildman–Crippen MR) is 65.3 cm³/mol. The van der Waals surface area contributed by atoms with E-state index in [0.29, 0.717) is 12.6 Å². The number of rotatable bonds is 7. The van der Waals surface area contributed by atoms with Crippen LogP contribution in [0.5, 0.6) is 0 Å².